The molecule has 1 aromatic carbocycles. The van der Waals surface area contributed by atoms with Crippen molar-refractivity contribution in [3.63, 3.8) is 0 Å². The number of benzene rings is 1. The Morgan fingerprint density at radius 2 is 2.00 bits per heavy atom. The van der Waals surface area contributed by atoms with Crippen molar-refractivity contribution >= 4 is 21.9 Å². The number of rotatable bonds is 3. The highest BCUT2D eigenvalue weighted by molar-refractivity contribution is 9.10. The number of pyridine rings is 1. The van der Waals surface area contributed by atoms with Gasteiger partial charge in [0.15, 0.2) is 0 Å². The number of esters is 1. The van der Waals surface area contributed by atoms with Crippen LogP contribution < -0.4 is 4.74 Å². The smallest absolute Gasteiger partial charge is 0.345 e. The van der Waals surface area contributed by atoms with Crippen LogP contribution in [0.15, 0.2) is 53.5 Å². The Labute approximate surface area is 127 Å². The zero-order chi connectivity index (χ0) is 14.7. The van der Waals surface area contributed by atoms with E-state index in [1.165, 1.54) is 17.2 Å². The molecule has 21 heavy (non-hydrogen) atoms. The van der Waals surface area contributed by atoms with Crippen molar-refractivity contribution in [1.82, 2.24) is 25.2 Å². The highest BCUT2D eigenvalue weighted by atomic mass is 79.9. The van der Waals surface area contributed by atoms with Crippen LogP contribution in [0.1, 0.15) is 10.4 Å². The second kappa shape index (κ2) is 5.80. The lowest BCUT2D eigenvalue weighted by atomic mass is 10.3. The quantitative estimate of drug-likeness (QED) is 0.533. The third-order valence-corrected chi connectivity index (χ3v) is 3.04. The number of aromatic nitrogens is 5. The molecular weight excluding hydrogens is 338 g/mol. The van der Waals surface area contributed by atoms with Crippen LogP contribution in [0.25, 0.3) is 5.69 Å². The first kappa shape index (κ1) is 13.4. The number of tetrazole rings is 1. The number of carbonyl (C=O) groups is 1. The number of hydrogen-bond donors (Lipinski definition) is 0. The molecule has 0 bridgehead atoms. The second-order valence-corrected chi connectivity index (χ2v) is 4.95. The van der Waals surface area contributed by atoms with Gasteiger partial charge in [0.1, 0.15) is 12.1 Å². The molecule has 0 fully saturated rings. The number of carbonyl (C=O) groups excluding carboxylic acids is 1. The predicted molar refractivity (Wildman–Crippen MR) is 76.0 cm³/mol. The Bertz CT molecular complexity index is 758. The van der Waals surface area contributed by atoms with Crippen molar-refractivity contribution in [1.29, 1.82) is 0 Å². The van der Waals surface area contributed by atoms with Gasteiger partial charge in [-0.1, -0.05) is 0 Å². The van der Waals surface area contributed by atoms with Crippen LogP contribution in [0.4, 0.5) is 0 Å². The summed E-state index contributed by atoms with van der Waals surface area (Å²) in [7, 11) is 0. The monoisotopic (exact) mass is 345 g/mol. The fourth-order valence-corrected chi connectivity index (χ4v) is 2.00. The predicted octanol–water partition coefficient (Wildman–Crippen LogP) is 2.04. The Morgan fingerprint density at radius 3 is 2.67 bits per heavy atom. The van der Waals surface area contributed by atoms with E-state index in [1.807, 2.05) is 0 Å². The van der Waals surface area contributed by atoms with Gasteiger partial charge in [0, 0.05) is 16.9 Å². The molecule has 0 N–H and O–H groups in total. The maximum atomic E-state index is 12.0. The number of hydrogen-bond acceptors (Lipinski definition) is 6. The number of ether oxygens (including phenoxy) is 1. The first-order valence-corrected chi connectivity index (χ1v) is 6.68. The largest absolute Gasteiger partial charge is 0.423 e. The van der Waals surface area contributed by atoms with E-state index in [-0.39, 0.29) is 0 Å². The number of halogens is 1. The molecule has 104 valence electrons. The molecular formula is C13H8BrN5O2. The van der Waals surface area contributed by atoms with Crippen molar-refractivity contribution in [3.05, 3.63) is 59.1 Å². The van der Waals surface area contributed by atoms with Gasteiger partial charge in [-0.15, -0.1) is 5.10 Å². The summed E-state index contributed by atoms with van der Waals surface area (Å²) in [4.78, 5) is 15.9. The van der Waals surface area contributed by atoms with Gasteiger partial charge in [-0.2, -0.15) is 0 Å². The summed E-state index contributed by atoms with van der Waals surface area (Å²) in [6, 6.07) is 8.47. The molecule has 0 aliphatic rings. The average Bonchev–Trinajstić information content (AvgIpc) is 3.02. The minimum Gasteiger partial charge on any atom is -0.423 e. The molecule has 0 saturated carbocycles. The topological polar surface area (TPSA) is 82.8 Å². The van der Waals surface area contributed by atoms with Gasteiger partial charge in [0.2, 0.25) is 0 Å². The Hall–Kier alpha value is -2.61. The zero-order valence-electron chi connectivity index (χ0n) is 10.5. The van der Waals surface area contributed by atoms with E-state index in [9.17, 15) is 4.79 Å². The maximum absolute atomic E-state index is 12.0. The molecule has 0 aliphatic heterocycles. The van der Waals surface area contributed by atoms with Gasteiger partial charge in [0.05, 0.1) is 11.3 Å². The molecule has 8 heteroatoms. The van der Waals surface area contributed by atoms with Gasteiger partial charge in [-0.25, -0.2) is 9.48 Å². The first-order chi connectivity index (χ1) is 10.2. The van der Waals surface area contributed by atoms with Crippen LogP contribution in [-0.2, 0) is 0 Å². The fraction of sp³-hybridized carbons (Fsp3) is 0. The van der Waals surface area contributed by atoms with E-state index in [1.54, 1.807) is 36.5 Å². The van der Waals surface area contributed by atoms with Gasteiger partial charge in [-0.3, -0.25) is 4.98 Å². The summed E-state index contributed by atoms with van der Waals surface area (Å²) in [5.74, 6) is -0.0456. The van der Waals surface area contributed by atoms with E-state index in [0.29, 0.717) is 15.8 Å². The van der Waals surface area contributed by atoms with Crippen molar-refractivity contribution in [2.75, 3.05) is 0 Å². The normalized spacial score (nSPS) is 10.3. The molecule has 0 atom stereocenters. The van der Waals surface area contributed by atoms with Crippen molar-refractivity contribution < 1.29 is 9.53 Å². The summed E-state index contributed by atoms with van der Waals surface area (Å²) in [6.07, 6.45) is 4.52. The van der Waals surface area contributed by atoms with Crippen molar-refractivity contribution in [2.24, 2.45) is 0 Å². The molecule has 0 unspecified atom stereocenters. The van der Waals surface area contributed by atoms with Gasteiger partial charge in [0.25, 0.3) is 0 Å². The Kier molecular flexibility index (Phi) is 3.69. The molecule has 7 nitrogen and oxygen atoms in total. The van der Waals surface area contributed by atoms with E-state index < -0.39 is 5.97 Å². The summed E-state index contributed by atoms with van der Waals surface area (Å²) in [5.41, 5.74) is 1.14. The van der Waals surface area contributed by atoms with Gasteiger partial charge >= 0.3 is 5.97 Å². The lowest BCUT2D eigenvalue weighted by molar-refractivity contribution is 0.0734. The molecule has 0 spiro atoms. The molecule has 3 aromatic rings. The Balaban J connectivity index is 1.75. The SMILES string of the molecule is O=C(Oc1ccc(-n2cnnn2)cc1)c1cncc(Br)c1. The van der Waals surface area contributed by atoms with Crippen molar-refractivity contribution in [3.8, 4) is 11.4 Å². The summed E-state index contributed by atoms with van der Waals surface area (Å²) in [6.45, 7) is 0. The highest BCUT2D eigenvalue weighted by Crippen LogP contribution is 2.17. The minimum absolute atomic E-state index is 0.369. The number of nitrogens with zero attached hydrogens (tertiary/aromatic N) is 5. The fourth-order valence-electron chi connectivity index (χ4n) is 1.64. The lowest BCUT2D eigenvalue weighted by Gasteiger charge is -2.05. The van der Waals surface area contributed by atoms with Crippen molar-refractivity contribution in [2.45, 2.75) is 0 Å². The summed E-state index contributed by atoms with van der Waals surface area (Å²) in [5, 5.41) is 10.9. The summed E-state index contributed by atoms with van der Waals surface area (Å²) < 4.78 is 7.48. The van der Waals surface area contributed by atoms with Gasteiger partial charge in [-0.05, 0) is 56.7 Å². The third kappa shape index (κ3) is 3.11. The average molecular weight is 346 g/mol. The van der Waals surface area contributed by atoms with E-state index in [4.69, 9.17) is 4.74 Å². The lowest BCUT2D eigenvalue weighted by Crippen LogP contribution is -2.09. The molecule has 0 radical (unpaired) electrons. The summed E-state index contributed by atoms with van der Waals surface area (Å²) >= 11 is 3.26. The van der Waals surface area contributed by atoms with E-state index in [2.05, 4.69) is 36.4 Å². The van der Waals surface area contributed by atoms with E-state index >= 15 is 0 Å². The minimum atomic E-state index is -0.473. The van der Waals surface area contributed by atoms with Crippen LogP contribution in [0.2, 0.25) is 0 Å². The van der Waals surface area contributed by atoms with Crippen LogP contribution in [0.3, 0.4) is 0 Å². The van der Waals surface area contributed by atoms with Crippen LogP contribution >= 0.6 is 15.9 Å². The molecule has 2 heterocycles. The van der Waals surface area contributed by atoms with Gasteiger partial charge < -0.3 is 4.74 Å². The first-order valence-electron chi connectivity index (χ1n) is 5.88. The molecule has 2 aromatic heterocycles. The zero-order valence-corrected chi connectivity index (χ0v) is 12.1. The highest BCUT2D eigenvalue weighted by Gasteiger charge is 2.09. The second-order valence-electron chi connectivity index (χ2n) is 4.03. The van der Waals surface area contributed by atoms with Crippen LogP contribution in [-0.4, -0.2) is 31.2 Å². The molecule has 0 aliphatic carbocycles. The molecule has 0 saturated heterocycles. The standard InChI is InChI=1S/C13H8BrN5O2/c14-10-5-9(6-15-7-10)13(20)21-12-3-1-11(2-4-12)19-8-16-17-18-19/h1-8H. The molecule has 0 amide bonds. The Morgan fingerprint density at radius 1 is 1.19 bits per heavy atom. The van der Waals surface area contributed by atoms with Crippen LogP contribution in [0, 0.1) is 0 Å². The van der Waals surface area contributed by atoms with E-state index in [0.717, 1.165) is 5.69 Å². The molecule has 3 rings (SSSR count). The van der Waals surface area contributed by atoms with Crippen LogP contribution in [0.5, 0.6) is 5.75 Å². The maximum Gasteiger partial charge on any atom is 0.345 e. The third-order valence-electron chi connectivity index (χ3n) is 2.60.